The number of benzene rings is 2. The molecule has 2 nitrogen and oxygen atoms in total. The normalized spacial score (nSPS) is 16.5. The number of nitrogens with zero attached hydrogens (tertiary/aromatic N) is 1. The molecule has 1 unspecified atom stereocenters. The Kier molecular flexibility index (Phi) is 4.62. The van der Waals surface area contributed by atoms with Gasteiger partial charge in [0.15, 0.2) is 0 Å². The van der Waals surface area contributed by atoms with E-state index in [2.05, 4.69) is 36.5 Å². The van der Waals surface area contributed by atoms with Crippen LogP contribution >= 0.6 is 11.3 Å². The molecule has 0 bridgehead atoms. The second-order valence-corrected chi connectivity index (χ2v) is 7.64. The molecule has 4 heteroatoms. The number of ether oxygens (including phenoxy) is 1. The summed E-state index contributed by atoms with van der Waals surface area (Å²) in [6.45, 7) is 0.767. The lowest BCUT2D eigenvalue weighted by molar-refractivity contribution is 0.415. The summed E-state index contributed by atoms with van der Waals surface area (Å²) >= 11 is 1.67. The molecule has 0 fully saturated rings. The van der Waals surface area contributed by atoms with Gasteiger partial charge in [-0.1, -0.05) is 36.4 Å². The number of rotatable bonds is 4. The highest BCUT2D eigenvalue weighted by atomic mass is 32.1. The summed E-state index contributed by atoms with van der Waals surface area (Å²) in [5.41, 5.74) is 3.40. The molecule has 2 aromatic carbocycles. The monoisotopic (exact) mass is 365 g/mol. The minimum Gasteiger partial charge on any atom is -0.456 e. The SMILES string of the molecule is CN(C)CC1=C(c2cccs2)Oc2ccccc2C1c1ccc(F)cc1. The minimum absolute atomic E-state index is 0.0417. The van der Waals surface area contributed by atoms with Crippen molar-refractivity contribution >= 4 is 17.1 Å². The molecule has 26 heavy (non-hydrogen) atoms. The van der Waals surface area contributed by atoms with Crippen LogP contribution in [0.5, 0.6) is 5.75 Å². The summed E-state index contributed by atoms with van der Waals surface area (Å²) in [6, 6.07) is 19.1. The van der Waals surface area contributed by atoms with Crippen LogP contribution in [0.15, 0.2) is 71.6 Å². The van der Waals surface area contributed by atoms with Crippen molar-refractivity contribution < 1.29 is 9.13 Å². The smallest absolute Gasteiger partial charge is 0.146 e. The van der Waals surface area contributed by atoms with Crippen molar-refractivity contribution in [2.45, 2.75) is 5.92 Å². The number of thiophene rings is 1. The Hall–Kier alpha value is -2.43. The van der Waals surface area contributed by atoms with Gasteiger partial charge in [-0.05, 0) is 54.9 Å². The van der Waals surface area contributed by atoms with Gasteiger partial charge in [0.1, 0.15) is 17.3 Å². The van der Waals surface area contributed by atoms with Crippen LogP contribution in [-0.4, -0.2) is 25.5 Å². The van der Waals surface area contributed by atoms with E-state index in [0.717, 1.165) is 34.1 Å². The molecule has 1 aliphatic heterocycles. The van der Waals surface area contributed by atoms with E-state index in [-0.39, 0.29) is 11.7 Å². The zero-order chi connectivity index (χ0) is 18.1. The predicted octanol–water partition coefficient (Wildman–Crippen LogP) is 5.38. The van der Waals surface area contributed by atoms with Crippen LogP contribution in [0.25, 0.3) is 5.76 Å². The third kappa shape index (κ3) is 3.18. The number of para-hydroxylation sites is 1. The molecular formula is C22H20FNOS. The van der Waals surface area contributed by atoms with Crippen molar-refractivity contribution in [3.8, 4) is 5.75 Å². The summed E-state index contributed by atoms with van der Waals surface area (Å²) in [5.74, 6) is 1.61. The van der Waals surface area contributed by atoms with Crippen molar-refractivity contribution in [1.29, 1.82) is 0 Å². The lowest BCUT2D eigenvalue weighted by atomic mass is 9.81. The maximum absolute atomic E-state index is 13.5. The third-order valence-electron chi connectivity index (χ3n) is 4.52. The Morgan fingerprint density at radius 1 is 1.00 bits per heavy atom. The topological polar surface area (TPSA) is 12.5 Å². The zero-order valence-corrected chi connectivity index (χ0v) is 15.6. The number of halogens is 1. The second kappa shape index (κ2) is 7.06. The summed E-state index contributed by atoms with van der Waals surface area (Å²) in [4.78, 5) is 3.26. The van der Waals surface area contributed by atoms with Crippen LogP contribution in [0.2, 0.25) is 0 Å². The first kappa shape index (κ1) is 17.0. The van der Waals surface area contributed by atoms with Gasteiger partial charge < -0.3 is 9.64 Å². The van der Waals surface area contributed by atoms with Gasteiger partial charge in [0.25, 0.3) is 0 Å². The number of hydrogen-bond acceptors (Lipinski definition) is 3. The highest BCUT2D eigenvalue weighted by Crippen LogP contribution is 2.46. The Bertz CT molecular complexity index is 929. The van der Waals surface area contributed by atoms with E-state index >= 15 is 0 Å². The number of fused-ring (bicyclic) bond motifs is 1. The molecule has 4 rings (SSSR count). The fraction of sp³-hybridized carbons (Fsp3) is 0.182. The average Bonchev–Trinajstić information content (AvgIpc) is 3.16. The van der Waals surface area contributed by atoms with Crippen molar-refractivity contribution in [2.75, 3.05) is 20.6 Å². The lowest BCUT2D eigenvalue weighted by Crippen LogP contribution is -2.25. The van der Waals surface area contributed by atoms with Gasteiger partial charge >= 0.3 is 0 Å². The van der Waals surface area contributed by atoms with Crippen LogP contribution in [0.4, 0.5) is 4.39 Å². The first-order chi connectivity index (χ1) is 12.6. The molecule has 1 aliphatic rings. The van der Waals surface area contributed by atoms with Crippen molar-refractivity contribution in [1.82, 2.24) is 4.90 Å². The van der Waals surface area contributed by atoms with E-state index in [1.165, 1.54) is 17.7 Å². The lowest BCUT2D eigenvalue weighted by Gasteiger charge is -2.32. The van der Waals surface area contributed by atoms with Crippen molar-refractivity contribution in [3.63, 3.8) is 0 Å². The van der Waals surface area contributed by atoms with Gasteiger partial charge in [0.2, 0.25) is 0 Å². The Balaban J connectivity index is 1.94. The zero-order valence-electron chi connectivity index (χ0n) is 14.8. The number of likely N-dealkylation sites (N-methyl/N-ethyl adjacent to an activating group) is 1. The quantitative estimate of drug-likeness (QED) is 0.615. The highest BCUT2D eigenvalue weighted by molar-refractivity contribution is 7.11. The van der Waals surface area contributed by atoms with E-state index in [9.17, 15) is 4.39 Å². The molecule has 0 saturated carbocycles. The summed E-state index contributed by atoms with van der Waals surface area (Å²) in [7, 11) is 4.11. The first-order valence-electron chi connectivity index (χ1n) is 8.57. The first-order valence-corrected chi connectivity index (χ1v) is 9.45. The van der Waals surface area contributed by atoms with Crippen LogP contribution in [0, 0.1) is 5.82 Å². The Morgan fingerprint density at radius 2 is 1.77 bits per heavy atom. The van der Waals surface area contributed by atoms with E-state index in [0.29, 0.717) is 0 Å². The fourth-order valence-electron chi connectivity index (χ4n) is 3.46. The second-order valence-electron chi connectivity index (χ2n) is 6.69. The van der Waals surface area contributed by atoms with Crippen LogP contribution in [0.3, 0.4) is 0 Å². The van der Waals surface area contributed by atoms with Crippen LogP contribution < -0.4 is 4.74 Å². The molecule has 132 valence electrons. The van der Waals surface area contributed by atoms with Gasteiger partial charge in [-0.15, -0.1) is 11.3 Å². The molecule has 0 spiro atoms. The highest BCUT2D eigenvalue weighted by Gasteiger charge is 2.32. The molecule has 0 aliphatic carbocycles. The maximum atomic E-state index is 13.5. The molecule has 0 radical (unpaired) electrons. The van der Waals surface area contributed by atoms with E-state index in [4.69, 9.17) is 4.74 Å². The molecule has 3 aromatic rings. The van der Waals surface area contributed by atoms with Crippen molar-refractivity contribution in [3.05, 3.63) is 93.4 Å². The van der Waals surface area contributed by atoms with Gasteiger partial charge in [-0.2, -0.15) is 0 Å². The fourth-order valence-corrected chi connectivity index (χ4v) is 4.20. The standard InChI is InChI=1S/C22H20FNOS/c1-24(2)14-18-21(15-9-11-16(23)12-10-15)17-6-3-4-7-19(17)25-22(18)20-8-5-13-26-20/h3-13,21H,14H2,1-2H3. The van der Waals surface area contributed by atoms with Gasteiger partial charge in [-0.25, -0.2) is 4.39 Å². The largest absolute Gasteiger partial charge is 0.456 e. The minimum atomic E-state index is -0.217. The predicted molar refractivity (Wildman–Crippen MR) is 105 cm³/mol. The van der Waals surface area contributed by atoms with E-state index < -0.39 is 0 Å². The van der Waals surface area contributed by atoms with Gasteiger partial charge in [0.05, 0.1) is 4.88 Å². The third-order valence-corrected chi connectivity index (χ3v) is 5.39. The summed E-state index contributed by atoms with van der Waals surface area (Å²) < 4.78 is 19.9. The molecule has 0 saturated heterocycles. The molecular weight excluding hydrogens is 345 g/mol. The molecule has 1 aromatic heterocycles. The molecule has 2 heterocycles. The number of hydrogen-bond donors (Lipinski definition) is 0. The van der Waals surface area contributed by atoms with Crippen molar-refractivity contribution in [2.24, 2.45) is 0 Å². The molecule has 0 N–H and O–H groups in total. The van der Waals surface area contributed by atoms with E-state index in [1.54, 1.807) is 11.3 Å². The van der Waals surface area contributed by atoms with E-state index in [1.807, 2.05) is 36.4 Å². The average molecular weight is 365 g/mol. The Morgan fingerprint density at radius 3 is 2.46 bits per heavy atom. The van der Waals surface area contributed by atoms with Crippen LogP contribution in [0.1, 0.15) is 21.9 Å². The molecule has 1 atom stereocenters. The summed E-state index contributed by atoms with van der Waals surface area (Å²) in [6.07, 6.45) is 0. The van der Waals surface area contributed by atoms with Gasteiger partial charge in [0, 0.05) is 18.0 Å². The maximum Gasteiger partial charge on any atom is 0.146 e. The Labute approximate surface area is 157 Å². The molecule has 0 amide bonds. The van der Waals surface area contributed by atoms with Crippen LogP contribution in [-0.2, 0) is 0 Å². The van der Waals surface area contributed by atoms with Gasteiger partial charge in [-0.3, -0.25) is 0 Å². The summed E-state index contributed by atoms with van der Waals surface area (Å²) in [5, 5.41) is 2.06.